The summed E-state index contributed by atoms with van der Waals surface area (Å²) >= 11 is 3.20. The molecule has 2 saturated heterocycles. The van der Waals surface area contributed by atoms with Crippen LogP contribution in [0, 0.1) is 17.5 Å². The highest BCUT2D eigenvalue weighted by molar-refractivity contribution is 9.10. The van der Waals surface area contributed by atoms with Crippen LogP contribution in [0.25, 0.3) is 0 Å². The van der Waals surface area contributed by atoms with Gasteiger partial charge in [-0.15, -0.1) is 0 Å². The first-order valence-electron chi connectivity index (χ1n) is 17.6. The average molecular weight is 750 g/mol. The van der Waals surface area contributed by atoms with Gasteiger partial charge < -0.3 is 20.9 Å². The zero-order valence-corrected chi connectivity index (χ0v) is 29.6. The first-order chi connectivity index (χ1) is 24.2. The second kappa shape index (κ2) is 15.5. The monoisotopic (exact) mass is 748 g/mol. The van der Waals surface area contributed by atoms with E-state index in [0.717, 1.165) is 76.3 Å². The third-order valence-corrected chi connectivity index (χ3v) is 11.1. The van der Waals surface area contributed by atoms with E-state index in [4.69, 9.17) is 20.9 Å². The van der Waals surface area contributed by atoms with Crippen molar-refractivity contribution in [3.8, 4) is 11.5 Å². The molecule has 0 aromatic heterocycles. The summed E-state index contributed by atoms with van der Waals surface area (Å²) in [6.07, 6.45) is 5.74. The first kappa shape index (κ1) is 35.0. The van der Waals surface area contributed by atoms with Gasteiger partial charge in [0.05, 0.1) is 16.6 Å². The van der Waals surface area contributed by atoms with E-state index in [0.29, 0.717) is 10.2 Å². The number of benzene rings is 4. The molecule has 4 aromatic rings. The van der Waals surface area contributed by atoms with E-state index < -0.39 is 11.6 Å². The molecule has 6 atom stereocenters. The maximum atomic E-state index is 14.1. The molecule has 2 aliphatic carbocycles. The fraction of sp³-hybridized carbons (Fsp3) is 0.400. The number of ether oxygens (including phenoxy) is 2. The Kier molecular flexibility index (Phi) is 10.8. The van der Waals surface area contributed by atoms with Gasteiger partial charge in [-0.3, -0.25) is 9.80 Å². The van der Waals surface area contributed by atoms with E-state index in [-0.39, 0.29) is 47.9 Å². The predicted octanol–water partition coefficient (Wildman–Crippen LogP) is 7.49. The van der Waals surface area contributed by atoms with Crippen molar-refractivity contribution >= 4 is 15.9 Å². The van der Waals surface area contributed by atoms with Crippen LogP contribution >= 0.6 is 15.9 Å². The van der Waals surface area contributed by atoms with E-state index in [1.807, 2.05) is 30.3 Å². The van der Waals surface area contributed by atoms with Crippen LogP contribution in [0.3, 0.4) is 0 Å². The molecule has 8 rings (SSSR count). The zero-order valence-electron chi connectivity index (χ0n) is 28.0. The van der Waals surface area contributed by atoms with E-state index in [1.54, 1.807) is 6.07 Å². The summed E-state index contributed by atoms with van der Waals surface area (Å²) in [6, 6.07) is 25.7. The second-order valence-electron chi connectivity index (χ2n) is 14.0. The van der Waals surface area contributed by atoms with Gasteiger partial charge in [0.2, 0.25) is 0 Å². The number of halogens is 4. The lowest BCUT2D eigenvalue weighted by molar-refractivity contribution is 0.0570. The summed E-state index contributed by atoms with van der Waals surface area (Å²) in [7, 11) is 0. The zero-order chi connectivity index (χ0) is 34.8. The Balaban J connectivity index is 0.000000157. The van der Waals surface area contributed by atoms with Crippen LogP contribution < -0.4 is 20.9 Å². The molecule has 0 radical (unpaired) electrons. The minimum Gasteiger partial charge on any atom is -0.484 e. The Hall–Kier alpha value is -3.41. The number of likely N-dealkylation sites (tertiary alicyclic amines) is 2. The number of fused-ring (bicyclic) bond motifs is 2. The lowest BCUT2D eigenvalue weighted by Crippen LogP contribution is -2.49. The van der Waals surface area contributed by atoms with Gasteiger partial charge in [0.15, 0.2) is 11.6 Å². The first-order valence-corrected chi connectivity index (χ1v) is 18.4. The molecule has 4 N–H and O–H groups in total. The molecule has 4 aliphatic rings. The second-order valence-corrected chi connectivity index (χ2v) is 14.8. The van der Waals surface area contributed by atoms with Gasteiger partial charge in [-0.2, -0.15) is 0 Å². The van der Waals surface area contributed by atoms with Crippen molar-refractivity contribution in [1.29, 1.82) is 0 Å². The number of hydrogen-bond donors (Lipinski definition) is 2. The van der Waals surface area contributed by atoms with Gasteiger partial charge in [-0.1, -0.05) is 48.5 Å². The number of piperidine rings is 2. The Bertz CT molecular complexity index is 1800. The molecule has 6 nitrogen and oxygen atoms in total. The highest BCUT2D eigenvalue weighted by Gasteiger charge is 2.40. The Labute approximate surface area is 300 Å². The van der Waals surface area contributed by atoms with Gasteiger partial charge in [0, 0.05) is 37.3 Å². The summed E-state index contributed by atoms with van der Waals surface area (Å²) in [4.78, 5) is 4.81. The van der Waals surface area contributed by atoms with Crippen molar-refractivity contribution in [2.24, 2.45) is 11.5 Å². The van der Waals surface area contributed by atoms with Crippen LogP contribution in [-0.2, 0) is 12.8 Å². The minimum atomic E-state index is -0.668. The number of nitrogens with two attached hydrogens (primary N) is 2. The smallest absolute Gasteiger partial charge is 0.168 e. The third-order valence-electron chi connectivity index (χ3n) is 10.5. The van der Waals surface area contributed by atoms with Gasteiger partial charge in [0.25, 0.3) is 0 Å². The quantitative estimate of drug-likeness (QED) is 0.213. The van der Waals surface area contributed by atoms with Gasteiger partial charge in [-0.05, 0) is 114 Å². The van der Waals surface area contributed by atoms with Crippen molar-refractivity contribution in [2.75, 3.05) is 26.2 Å². The molecule has 0 bridgehead atoms. The molecule has 0 spiro atoms. The summed E-state index contributed by atoms with van der Waals surface area (Å²) in [6.45, 7) is 3.73. The molecule has 2 heterocycles. The van der Waals surface area contributed by atoms with E-state index in [9.17, 15) is 13.2 Å². The maximum absolute atomic E-state index is 14.1. The number of nitrogens with zero attached hydrogens (tertiary/aromatic N) is 2. The third kappa shape index (κ3) is 7.75. The maximum Gasteiger partial charge on any atom is 0.168 e. The largest absolute Gasteiger partial charge is 0.484 e. The molecule has 0 saturated carbocycles. The van der Waals surface area contributed by atoms with Crippen molar-refractivity contribution in [2.45, 2.75) is 74.9 Å². The normalized spacial score (nSPS) is 26.4. The van der Waals surface area contributed by atoms with Crippen molar-refractivity contribution in [3.63, 3.8) is 0 Å². The van der Waals surface area contributed by atoms with Gasteiger partial charge >= 0.3 is 0 Å². The number of rotatable bonds is 6. The van der Waals surface area contributed by atoms with Crippen molar-refractivity contribution in [1.82, 2.24) is 9.80 Å². The number of hydrogen-bond acceptors (Lipinski definition) is 6. The molecule has 0 unspecified atom stereocenters. The summed E-state index contributed by atoms with van der Waals surface area (Å²) in [5.41, 5.74) is 17.2. The fourth-order valence-electron chi connectivity index (χ4n) is 8.09. The van der Waals surface area contributed by atoms with Gasteiger partial charge in [-0.25, -0.2) is 13.2 Å². The van der Waals surface area contributed by atoms with E-state index >= 15 is 0 Å². The molecule has 10 heteroatoms. The fourth-order valence-corrected chi connectivity index (χ4v) is 8.33. The van der Waals surface area contributed by atoms with Crippen LogP contribution in [0.15, 0.2) is 89.4 Å². The molecular weight excluding hydrogens is 705 g/mol. The molecule has 264 valence electrons. The standard InChI is InChI=1S/C20H22BrFN2O.C20H22F2N2O/c21-17-8-7-15(11-18(17)22)25-20-16-6-2-1-4-13(16)10-19(20)24-9-3-5-14(23)12-24;21-14-7-8-19(17(22)11-14)25-20-16-6-2-1-4-13(16)10-18(20)24-9-3-5-15(23)12-24/h1-2,4,6-8,11,14,19-20H,3,5,9-10,12,23H2;1-2,4,6-8,11,15,18,20H,3,5,9-10,12,23H2/t14-,19-,20-;15-,18-,20-/m11/s1. The topological polar surface area (TPSA) is 77.0 Å². The molecule has 4 aromatic carbocycles. The summed E-state index contributed by atoms with van der Waals surface area (Å²) in [5, 5.41) is 0. The van der Waals surface area contributed by atoms with E-state index in [1.165, 1.54) is 34.9 Å². The molecule has 50 heavy (non-hydrogen) atoms. The molecule has 2 aliphatic heterocycles. The highest BCUT2D eigenvalue weighted by atomic mass is 79.9. The lowest BCUT2D eigenvalue weighted by Gasteiger charge is -2.38. The average Bonchev–Trinajstić information content (AvgIpc) is 3.66. The minimum absolute atomic E-state index is 0.0920. The van der Waals surface area contributed by atoms with E-state index in [2.05, 4.69) is 50.0 Å². The summed E-state index contributed by atoms with van der Waals surface area (Å²) < 4.78 is 54.0. The predicted molar refractivity (Wildman–Crippen MR) is 193 cm³/mol. The van der Waals surface area contributed by atoms with Crippen molar-refractivity contribution < 1.29 is 22.6 Å². The van der Waals surface area contributed by atoms with Crippen LogP contribution in [0.1, 0.15) is 60.1 Å². The Morgan fingerprint density at radius 3 is 1.74 bits per heavy atom. The van der Waals surface area contributed by atoms with Crippen molar-refractivity contribution in [3.05, 3.63) is 129 Å². The summed E-state index contributed by atoms with van der Waals surface area (Å²) in [5.74, 6) is -0.919. The van der Waals surface area contributed by atoms with Crippen LogP contribution in [0.5, 0.6) is 11.5 Å². The Morgan fingerprint density at radius 1 is 0.640 bits per heavy atom. The highest BCUT2D eigenvalue weighted by Crippen LogP contribution is 2.41. The van der Waals surface area contributed by atoms with Crippen LogP contribution in [-0.4, -0.2) is 60.1 Å². The molecule has 2 fully saturated rings. The Morgan fingerprint density at radius 2 is 1.20 bits per heavy atom. The SMILES string of the molecule is N[C@@H]1CCCN([C@@H]2Cc3ccccc3[C@H]2Oc2ccc(Br)c(F)c2)C1.N[C@@H]1CCCN([C@@H]2Cc3ccccc3[C@H]2Oc2ccc(F)cc2F)C1. The molecular formula is C40H44BrF3N4O2. The van der Waals surface area contributed by atoms with Crippen LogP contribution in [0.4, 0.5) is 13.2 Å². The molecule has 0 amide bonds. The van der Waals surface area contributed by atoms with Crippen LogP contribution in [0.2, 0.25) is 0 Å². The lowest BCUT2D eigenvalue weighted by atomic mass is 10.0. The van der Waals surface area contributed by atoms with Gasteiger partial charge in [0.1, 0.15) is 29.6 Å².